The molecule has 0 fully saturated rings. The van der Waals surface area contributed by atoms with Crippen molar-refractivity contribution >= 4 is 10.1 Å². The molecule has 0 aromatic heterocycles. The summed E-state index contributed by atoms with van der Waals surface area (Å²) in [4.78, 5) is 0.0225. The summed E-state index contributed by atoms with van der Waals surface area (Å²) in [6.45, 7) is 6.49. The Morgan fingerprint density at radius 2 is 1.19 bits per heavy atom. The van der Waals surface area contributed by atoms with Crippen LogP contribution in [0.15, 0.2) is 17.0 Å². The molecule has 0 atom stereocenters. The smallest absolute Gasteiger partial charge is 0.744 e. The van der Waals surface area contributed by atoms with Crippen molar-refractivity contribution in [1.82, 2.24) is 0 Å². The largest absolute Gasteiger partial charge is 1.00 e. The van der Waals surface area contributed by atoms with E-state index in [0.29, 0.717) is 6.42 Å². The van der Waals surface area contributed by atoms with Crippen LogP contribution in [0.3, 0.4) is 0 Å². The molecule has 0 spiro atoms. The van der Waals surface area contributed by atoms with E-state index < -0.39 is 10.1 Å². The summed E-state index contributed by atoms with van der Waals surface area (Å²) >= 11 is 0. The molecule has 144 valence electrons. The van der Waals surface area contributed by atoms with Gasteiger partial charge in [0.05, 0.1) is 4.90 Å². The van der Waals surface area contributed by atoms with Crippen LogP contribution in [0.5, 0.6) is 0 Å². The third-order valence-electron chi connectivity index (χ3n) is 4.86. The molecule has 1 rings (SSSR count). The second kappa shape index (κ2) is 14.2. The predicted molar refractivity (Wildman–Crippen MR) is 104 cm³/mol. The van der Waals surface area contributed by atoms with E-state index >= 15 is 0 Å². The number of hydrogen-bond acceptors (Lipinski definition) is 3. The summed E-state index contributed by atoms with van der Waals surface area (Å²) in [6, 6.07) is 3.46. The molecule has 3 nitrogen and oxygen atoms in total. The Balaban J connectivity index is 0.00000625. The van der Waals surface area contributed by atoms with Crippen molar-refractivity contribution in [3.8, 4) is 0 Å². The summed E-state index contributed by atoms with van der Waals surface area (Å²) in [7, 11) is -4.42. The zero-order chi connectivity index (χ0) is 18.7. The molecule has 1 aromatic rings. The van der Waals surface area contributed by atoms with Crippen LogP contribution in [0, 0.1) is 0 Å². The Bertz CT molecular complexity index is 612. The van der Waals surface area contributed by atoms with Crippen molar-refractivity contribution in [2.24, 2.45) is 0 Å². The Morgan fingerprint density at radius 1 is 0.731 bits per heavy atom. The normalized spacial score (nSPS) is 11.4. The first-order valence-corrected chi connectivity index (χ1v) is 11.5. The standard InChI is InChI=1S/C21H36O3S.Na/c1-4-7-10-13-18-16-17-21(25(22,23)24)20(15-12-9-6-3)19(18)14-11-8-5-2;/h16-17H,4-15H2,1-3H3,(H,22,23,24);/q;+1/p-1. The van der Waals surface area contributed by atoms with Crippen LogP contribution in [0.1, 0.15) is 95.2 Å². The first-order chi connectivity index (χ1) is 12.0. The second-order valence-electron chi connectivity index (χ2n) is 7.01. The van der Waals surface area contributed by atoms with E-state index in [1.807, 2.05) is 6.07 Å². The molecule has 0 amide bonds. The van der Waals surface area contributed by atoms with E-state index in [4.69, 9.17) is 0 Å². The predicted octanol–water partition coefficient (Wildman–Crippen LogP) is 2.79. The Hall–Kier alpha value is 0.130. The molecular weight excluding hydrogens is 355 g/mol. The van der Waals surface area contributed by atoms with Gasteiger partial charge in [-0.25, -0.2) is 8.42 Å². The van der Waals surface area contributed by atoms with Gasteiger partial charge < -0.3 is 4.55 Å². The number of benzene rings is 1. The van der Waals surface area contributed by atoms with Crippen LogP contribution in [0.25, 0.3) is 0 Å². The third kappa shape index (κ3) is 8.88. The fraction of sp³-hybridized carbons (Fsp3) is 0.714. The van der Waals surface area contributed by atoms with Gasteiger partial charge in [-0.15, -0.1) is 0 Å². The van der Waals surface area contributed by atoms with Gasteiger partial charge in [0, 0.05) is 0 Å². The summed E-state index contributed by atoms with van der Waals surface area (Å²) in [5.74, 6) is 0. The maximum absolute atomic E-state index is 11.8. The van der Waals surface area contributed by atoms with Gasteiger partial charge in [-0.1, -0.05) is 65.4 Å². The van der Waals surface area contributed by atoms with Gasteiger partial charge >= 0.3 is 29.6 Å². The van der Waals surface area contributed by atoms with Crippen molar-refractivity contribution in [3.63, 3.8) is 0 Å². The average Bonchev–Trinajstić information content (AvgIpc) is 2.56. The van der Waals surface area contributed by atoms with Crippen LogP contribution in [0.2, 0.25) is 0 Å². The molecule has 0 bridgehead atoms. The molecular formula is C21H35NaO3S. The van der Waals surface area contributed by atoms with Gasteiger partial charge in [-0.3, -0.25) is 0 Å². The molecule has 1 aromatic carbocycles. The molecule has 0 aliphatic heterocycles. The van der Waals surface area contributed by atoms with Gasteiger partial charge in [-0.05, 0) is 61.3 Å². The quantitative estimate of drug-likeness (QED) is 0.296. The van der Waals surface area contributed by atoms with E-state index in [1.165, 1.54) is 18.4 Å². The number of unbranched alkanes of at least 4 members (excludes halogenated alkanes) is 6. The van der Waals surface area contributed by atoms with Crippen LogP contribution >= 0.6 is 0 Å². The van der Waals surface area contributed by atoms with E-state index in [1.54, 1.807) is 6.07 Å². The van der Waals surface area contributed by atoms with Crippen molar-refractivity contribution < 1.29 is 42.5 Å². The van der Waals surface area contributed by atoms with Crippen LogP contribution in [-0.4, -0.2) is 13.0 Å². The Kier molecular flexibility index (Phi) is 14.2. The zero-order valence-corrected chi connectivity index (χ0v) is 20.1. The zero-order valence-electron chi connectivity index (χ0n) is 17.3. The van der Waals surface area contributed by atoms with E-state index in [0.717, 1.165) is 68.9 Å². The Morgan fingerprint density at radius 3 is 1.65 bits per heavy atom. The van der Waals surface area contributed by atoms with Crippen molar-refractivity contribution in [1.29, 1.82) is 0 Å². The molecule has 0 heterocycles. The molecule has 0 aliphatic rings. The van der Waals surface area contributed by atoms with E-state index in [-0.39, 0.29) is 34.5 Å². The Labute approximate surface area is 183 Å². The molecule has 0 aliphatic carbocycles. The first kappa shape index (κ1) is 26.1. The number of aryl methyl sites for hydroxylation is 1. The van der Waals surface area contributed by atoms with Gasteiger partial charge in [0.15, 0.2) is 0 Å². The molecule has 5 heteroatoms. The molecule has 0 saturated heterocycles. The fourth-order valence-corrected chi connectivity index (χ4v) is 4.20. The molecule has 0 N–H and O–H groups in total. The fourth-order valence-electron chi connectivity index (χ4n) is 3.44. The van der Waals surface area contributed by atoms with Gasteiger partial charge in [0.2, 0.25) is 0 Å². The minimum atomic E-state index is -4.42. The summed E-state index contributed by atoms with van der Waals surface area (Å²) in [5.41, 5.74) is 3.22. The van der Waals surface area contributed by atoms with Crippen molar-refractivity contribution in [2.45, 2.75) is 103 Å². The molecule has 0 unspecified atom stereocenters. The SMILES string of the molecule is CCCCCc1ccc(S(=O)(=O)[O-])c(CCCCC)c1CCCCC.[Na+]. The van der Waals surface area contributed by atoms with E-state index in [9.17, 15) is 13.0 Å². The number of hydrogen-bond donors (Lipinski definition) is 0. The summed E-state index contributed by atoms with van der Waals surface area (Å²) in [6.07, 6.45) is 12.5. The van der Waals surface area contributed by atoms with Crippen molar-refractivity contribution in [3.05, 3.63) is 28.8 Å². The van der Waals surface area contributed by atoms with Crippen LogP contribution < -0.4 is 29.6 Å². The molecule has 26 heavy (non-hydrogen) atoms. The van der Waals surface area contributed by atoms with Gasteiger partial charge in [0.1, 0.15) is 10.1 Å². The topological polar surface area (TPSA) is 57.2 Å². The minimum Gasteiger partial charge on any atom is -0.744 e. The van der Waals surface area contributed by atoms with Crippen LogP contribution in [0.4, 0.5) is 0 Å². The third-order valence-corrected chi connectivity index (χ3v) is 5.79. The van der Waals surface area contributed by atoms with E-state index in [2.05, 4.69) is 20.8 Å². The average molecular weight is 391 g/mol. The first-order valence-electron chi connectivity index (χ1n) is 10.0. The second-order valence-corrected chi connectivity index (χ2v) is 8.35. The summed E-state index contributed by atoms with van der Waals surface area (Å²) < 4.78 is 35.4. The number of rotatable bonds is 13. The summed E-state index contributed by atoms with van der Waals surface area (Å²) in [5, 5.41) is 0. The monoisotopic (exact) mass is 390 g/mol. The van der Waals surface area contributed by atoms with Crippen molar-refractivity contribution in [2.75, 3.05) is 0 Å². The maximum atomic E-state index is 11.8. The molecule has 0 saturated carbocycles. The van der Waals surface area contributed by atoms with Gasteiger partial charge in [0.25, 0.3) is 0 Å². The molecule has 0 radical (unpaired) electrons. The van der Waals surface area contributed by atoms with Gasteiger partial charge in [-0.2, -0.15) is 0 Å². The van der Waals surface area contributed by atoms with Crippen LogP contribution in [-0.2, 0) is 29.4 Å². The minimum absolute atomic E-state index is 0. The maximum Gasteiger partial charge on any atom is 1.00 e.